The van der Waals surface area contributed by atoms with Crippen LogP contribution in [0.5, 0.6) is 0 Å². The lowest BCUT2D eigenvalue weighted by molar-refractivity contribution is 0.0855. The number of aliphatic hydroxyl groups excluding tert-OH is 1. The number of oxime groups is 1. The molecule has 0 aliphatic carbocycles. The van der Waals surface area contributed by atoms with Gasteiger partial charge in [0.25, 0.3) is 0 Å². The van der Waals surface area contributed by atoms with E-state index in [9.17, 15) is 5.11 Å². The van der Waals surface area contributed by atoms with E-state index in [4.69, 9.17) is 14.3 Å². The van der Waals surface area contributed by atoms with Crippen molar-refractivity contribution in [2.45, 2.75) is 44.6 Å². The van der Waals surface area contributed by atoms with Gasteiger partial charge < -0.3 is 19.4 Å². The summed E-state index contributed by atoms with van der Waals surface area (Å²) >= 11 is 0. The van der Waals surface area contributed by atoms with E-state index in [-0.39, 0.29) is 18.1 Å². The highest BCUT2D eigenvalue weighted by Gasteiger charge is 2.39. The fourth-order valence-corrected chi connectivity index (χ4v) is 3.12. The molecule has 140 valence electrons. The van der Waals surface area contributed by atoms with Crippen LogP contribution in [0.1, 0.15) is 31.9 Å². The molecule has 2 aliphatic heterocycles. The third-order valence-electron chi connectivity index (χ3n) is 4.59. The molecule has 26 heavy (non-hydrogen) atoms. The van der Waals surface area contributed by atoms with Gasteiger partial charge in [0.2, 0.25) is 11.8 Å². The van der Waals surface area contributed by atoms with E-state index in [1.165, 1.54) is 7.11 Å². The highest BCUT2D eigenvalue weighted by molar-refractivity contribution is 6.00. The largest absolute Gasteiger partial charge is 0.483 e. The maximum absolute atomic E-state index is 10.8. The predicted molar refractivity (Wildman–Crippen MR) is 99.6 cm³/mol. The number of methoxy groups -OCH3 is 2. The van der Waals surface area contributed by atoms with Crippen LogP contribution in [0.25, 0.3) is 0 Å². The standard InChI is InChI=1S/C19H25N3O4/c1-11(2)15-18(24-3)21-16(19(20-15)25-4)17(23)13-10-14(26-22-13)12-8-6-5-7-9-12/h5-9,11,14-17,23H,10H2,1-4H3/t14-,15-,16-,17+/m1/s1. The van der Waals surface area contributed by atoms with Crippen LogP contribution in [0.15, 0.2) is 45.5 Å². The summed E-state index contributed by atoms with van der Waals surface area (Å²) in [6, 6.07) is 8.89. The van der Waals surface area contributed by atoms with E-state index in [1.807, 2.05) is 44.2 Å². The summed E-state index contributed by atoms with van der Waals surface area (Å²) in [5.74, 6) is 1.07. The van der Waals surface area contributed by atoms with Gasteiger partial charge in [-0.3, -0.25) is 0 Å². The maximum Gasteiger partial charge on any atom is 0.212 e. The Labute approximate surface area is 153 Å². The molecule has 0 unspecified atom stereocenters. The van der Waals surface area contributed by atoms with Crippen molar-refractivity contribution < 1.29 is 19.4 Å². The second kappa shape index (κ2) is 7.86. The molecule has 0 saturated heterocycles. The van der Waals surface area contributed by atoms with Crippen molar-refractivity contribution >= 4 is 17.5 Å². The average Bonchev–Trinajstić information content (AvgIpc) is 3.17. The van der Waals surface area contributed by atoms with Crippen molar-refractivity contribution in [3.63, 3.8) is 0 Å². The van der Waals surface area contributed by atoms with Gasteiger partial charge in [0.1, 0.15) is 12.1 Å². The lowest BCUT2D eigenvalue weighted by atomic mass is 9.96. The summed E-state index contributed by atoms with van der Waals surface area (Å²) in [6.07, 6.45) is -0.702. The SMILES string of the molecule is COC1=N[C@H]([C@@H](O)C2=NO[C@@H](c3ccccc3)C2)C(OC)=N[C@@H]1C(C)C. The van der Waals surface area contributed by atoms with E-state index in [2.05, 4.69) is 15.1 Å². The van der Waals surface area contributed by atoms with Gasteiger partial charge >= 0.3 is 0 Å². The Morgan fingerprint density at radius 3 is 2.27 bits per heavy atom. The van der Waals surface area contributed by atoms with Gasteiger partial charge in [0.15, 0.2) is 12.1 Å². The van der Waals surface area contributed by atoms with Gasteiger partial charge in [-0.25, -0.2) is 9.98 Å². The number of nitrogens with zero attached hydrogens (tertiary/aromatic N) is 3. The first-order valence-electron chi connectivity index (χ1n) is 8.74. The molecule has 0 spiro atoms. The summed E-state index contributed by atoms with van der Waals surface area (Å²) in [5.41, 5.74) is 1.54. The number of aliphatic hydroxyl groups is 1. The Balaban J connectivity index is 1.77. The normalized spacial score (nSPS) is 26.5. The molecule has 0 bridgehead atoms. The molecular weight excluding hydrogens is 334 g/mol. The lowest BCUT2D eigenvalue weighted by Crippen LogP contribution is -2.45. The number of ether oxygens (including phenoxy) is 2. The van der Waals surface area contributed by atoms with Crippen molar-refractivity contribution in [3.8, 4) is 0 Å². The highest BCUT2D eigenvalue weighted by Crippen LogP contribution is 2.30. The third-order valence-corrected chi connectivity index (χ3v) is 4.59. The van der Waals surface area contributed by atoms with Crippen molar-refractivity contribution in [2.24, 2.45) is 21.1 Å². The Morgan fingerprint density at radius 2 is 1.65 bits per heavy atom. The Hall–Kier alpha value is -2.41. The van der Waals surface area contributed by atoms with Crippen LogP contribution in [0.3, 0.4) is 0 Å². The van der Waals surface area contributed by atoms with E-state index in [0.717, 1.165) is 5.56 Å². The second-order valence-corrected chi connectivity index (χ2v) is 6.71. The molecule has 0 radical (unpaired) electrons. The van der Waals surface area contributed by atoms with Gasteiger partial charge in [-0.2, -0.15) is 0 Å². The fraction of sp³-hybridized carbons (Fsp3) is 0.526. The number of rotatable bonds is 4. The maximum atomic E-state index is 10.8. The van der Waals surface area contributed by atoms with Crippen LogP contribution in [0, 0.1) is 5.92 Å². The zero-order valence-electron chi connectivity index (χ0n) is 15.5. The van der Waals surface area contributed by atoms with Gasteiger partial charge in [0, 0.05) is 6.42 Å². The minimum Gasteiger partial charge on any atom is -0.483 e. The summed E-state index contributed by atoms with van der Waals surface area (Å²) < 4.78 is 10.8. The van der Waals surface area contributed by atoms with Gasteiger partial charge in [0.05, 0.1) is 19.9 Å². The molecule has 3 rings (SSSR count). The molecule has 0 aromatic heterocycles. The first-order valence-corrected chi connectivity index (χ1v) is 8.74. The summed E-state index contributed by atoms with van der Waals surface area (Å²) in [4.78, 5) is 14.6. The van der Waals surface area contributed by atoms with E-state index in [1.54, 1.807) is 7.11 Å². The number of hydrogen-bond acceptors (Lipinski definition) is 7. The van der Waals surface area contributed by atoms with Crippen LogP contribution in [0.4, 0.5) is 0 Å². The van der Waals surface area contributed by atoms with Gasteiger partial charge in [-0.15, -0.1) is 0 Å². The average molecular weight is 359 g/mol. The minimum absolute atomic E-state index is 0.201. The van der Waals surface area contributed by atoms with Crippen molar-refractivity contribution in [1.29, 1.82) is 0 Å². The zero-order chi connectivity index (χ0) is 18.7. The molecule has 4 atom stereocenters. The monoisotopic (exact) mass is 359 g/mol. The van der Waals surface area contributed by atoms with Crippen LogP contribution < -0.4 is 0 Å². The number of aliphatic imine (C=N–C) groups is 2. The van der Waals surface area contributed by atoms with Gasteiger partial charge in [-0.05, 0) is 11.5 Å². The van der Waals surface area contributed by atoms with E-state index < -0.39 is 12.1 Å². The fourth-order valence-electron chi connectivity index (χ4n) is 3.12. The summed E-state index contributed by atoms with van der Waals surface area (Å²) in [7, 11) is 3.09. The Kier molecular flexibility index (Phi) is 5.56. The van der Waals surface area contributed by atoms with Crippen molar-refractivity contribution in [1.82, 2.24) is 0 Å². The van der Waals surface area contributed by atoms with Crippen molar-refractivity contribution in [2.75, 3.05) is 14.2 Å². The molecule has 7 nitrogen and oxygen atoms in total. The van der Waals surface area contributed by atoms with E-state index in [0.29, 0.717) is 23.9 Å². The molecule has 2 heterocycles. The third kappa shape index (κ3) is 3.58. The van der Waals surface area contributed by atoms with Crippen LogP contribution in [-0.2, 0) is 14.3 Å². The summed E-state index contributed by atoms with van der Waals surface area (Å²) in [6.45, 7) is 4.07. The molecule has 0 fully saturated rings. The predicted octanol–water partition coefficient (Wildman–Crippen LogP) is 2.36. The first-order chi connectivity index (χ1) is 12.5. The van der Waals surface area contributed by atoms with Crippen LogP contribution in [0.2, 0.25) is 0 Å². The van der Waals surface area contributed by atoms with Crippen LogP contribution in [-0.4, -0.2) is 55.0 Å². The minimum atomic E-state index is -0.985. The molecule has 0 saturated carbocycles. The number of benzene rings is 1. The Bertz CT molecular complexity index is 715. The molecule has 1 aromatic rings. The molecule has 1 N–H and O–H groups in total. The second-order valence-electron chi connectivity index (χ2n) is 6.71. The smallest absolute Gasteiger partial charge is 0.212 e. The Morgan fingerprint density at radius 1 is 1.04 bits per heavy atom. The first kappa shape index (κ1) is 18.4. The molecule has 1 aromatic carbocycles. The molecular formula is C19H25N3O4. The lowest BCUT2D eigenvalue weighted by Gasteiger charge is -2.29. The number of hydrogen-bond donors (Lipinski definition) is 1. The zero-order valence-corrected chi connectivity index (χ0v) is 15.5. The summed E-state index contributed by atoms with van der Waals surface area (Å²) in [5, 5.41) is 14.9. The van der Waals surface area contributed by atoms with E-state index >= 15 is 0 Å². The molecule has 0 amide bonds. The highest BCUT2D eigenvalue weighted by atomic mass is 16.6. The topological polar surface area (TPSA) is 85.0 Å². The van der Waals surface area contributed by atoms with Gasteiger partial charge in [-0.1, -0.05) is 49.3 Å². The quantitative estimate of drug-likeness (QED) is 0.894. The van der Waals surface area contributed by atoms with Crippen molar-refractivity contribution in [3.05, 3.63) is 35.9 Å². The van der Waals surface area contributed by atoms with Crippen LogP contribution >= 0.6 is 0 Å². The molecule has 2 aliphatic rings. The molecule has 7 heteroatoms.